The number of methoxy groups -OCH3 is 1. The van der Waals surface area contributed by atoms with Crippen molar-refractivity contribution in [3.8, 4) is 5.75 Å². The smallest absolute Gasteiger partial charge is 0.302 e. The van der Waals surface area contributed by atoms with E-state index in [4.69, 9.17) is 20.9 Å². The molecule has 102 valence electrons. The van der Waals surface area contributed by atoms with E-state index in [9.17, 15) is 4.79 Å². The number of carbonyl (C=O) groups excluding carboxylic acids is 1. The molecule has 19 heavy (non-hydrogen) atoms. The molecule has 4 N–H and O–H groups in total. The SMILES string of the molecule is COc1ccc(C=NN=C(N)N)cc1COC(C)=O. The fraction of sp³-hybridized carbons (Fsp3) is 0.250. The van der Waals surface area contributed by atoms with Crippen molar-refractivity contribution in [3.05, 3.63) is 29.3 Å². The second-order valence-corrected chi connectivity index (χ2v) is 3.62. The van der Waals surface area contributed by atoms with Crippen LogP contribution in [0.2, 0.25) is 0 Å². The van der Waals surface area contributed by atoms with Crippen molar-refractivity contribution >= 4 is 18.1 Å². The number of guanidine groups is 1. The lowest BCUT2D eigenvalue weighted by molar-refractivity contribution is -0.142. The normalized spacial score (nSPS) is 10.2. The Labute approximate surface area is 110 Å². The summed E-state index contributed by atoms with van der Waals surface area (Å²) in [7, 11) is 1.54. The molecular formula is C12H16N4O3. The second-order valence-electron chi connectivity index (χ2n) is 3.62. The molecule has 0 amide bonds. The maximum atomic E-state index is 10.8. The minimum absolute atomic E-state index is 0.120. The molecule has 7 nitrogen and oxygen atoms in total. The Hall–Kier alpha value is -2.57. The molecule has 0 bridgehead atoms. The quantitative estimate of drug-likeness (QED) is 0.345. The van der Waals surface area contributed by atoms with Crippen molar-refractivity contribution < 1.29 is 14.3 Å². The summed E-state index contributed by atoms with van der Waals surface area (Å²) < 4.78 is 10.1. The van der Waals surface area contributed by atoms with Gasteiger partial charge >= 0.3 is 5.97 Å². The van der Waals surface area contributed by atoms with Gasteiger partial charge in [0, 0.05) is 12.5 Å². The van der Waals surface area contributed by atoms with Crippen molar-refractivity contribution in [2.75, 3.05) is 7.11 Å². The number of nitrogens with two attached hydrogens (primary N) is 2. The molecule has 1 rings (SSSR count). The van der Waals surface area contributed by atoms with Crippen molar-refractivity contribution in [1.29, 1.82) is 0 Å². The number of esters is 1. The number of carbonyl (C=O) groups is 1. The molecule has 0 aliphatic rings. The van der Waals surface area contributed by atoms with Gasteiger partial charge in [-0.1, -0.05) is 0 Å². The van der Waals surface area contributed by atoms with Gasteiger partial charge in [0.1, 0.15) is 12.4 Å². The standard InChI is InChI=1S/C12H16N4O3/c1-8(17)19-7-10-5-9(3-4-11(10)18-2)6-15-16-12(13)14/h3-6H,7H2,1-2H3,(H4,13,14,16). The first-order chi connectivity index (χ1) is 9.02. The number of hydrogen-bond acceptors (Lipinski definition) is 5. The Morgan fingerprint density at radius 3 is 2.74 bits per heavy atom. The van der Waals surface area contributed by atoms with E-state index < -0.39 is 0 Å². The van der Waals surface area contributed by atoms with E-state index >= 15 is 0 Å². The van der Waals surface area contributed by atoms with Gasteiger partial charge in [0.05, 0.1) is 13.3 Å². The Kier molecular flexibility index (Phi) is 5.34. The number of ether oxygens (including phenoxy) is 2. The van der Waals surface area contributed by atoms with E-state index in [1.54, 1.807) is 25.3 Å². The number of benzene rings is 1. The third-order valence-electron chi connectivity index (χ3n) is 2.12. The van der Waals surface area contributed by atoms with Crippen LogP contribution in [0.15, 0.2) is 28.4 Å². The first-order valence-electron chi connectivity index (χ1n) is 5.45. The molecule has 1 aromatic rings. The lowest BCUT2D eigenvalue weighted by atomic mass is 10.1. The summed E-state index contributed by atoms with van der Waals surface area (Å²) in [4.78, 5) is 10.8. The minimum atomic E-state index is -0.360. The van der Waals surface area contributed by atoms with Gasteiger partial charge in [0.15, 0.2) is 0 Å². The summed E-state index contributed by atoms with van der Waals surface area (Å²) in [6, 6.07) is 5.30. The van der Waals surface area contributed by atoms with Crippen molar-refractivity contribution in [2.24, 2.45) is 21.7 Å². The Morgan fingerprint density at radius 2 is 2.16 bits per heavy atom. The summed E-state index contributed by atoms with van der Waals surface area (Å²) in [6.45, 7) is 1.47. The molecule has 0 aliphatic carbocycles. The highest BCUT2D eigenvalue weighted by atomic mass is 16.5. The van der Waals surface area contributed by atoms with Crippen LogP contribution in [0.25, 0.3) is 0 Å². The second kappa shape index (κ2) is 7.00. The van der Waals surface area contributed by atoms with Gasteiger partial charge in [-0.2, -0.15) is 5.10 Å². The van der Waals surface area contributed by atoms with E-state index in [1.807, 2.05) is 0 Å². The molecule has 7 heteroatoms. The van der Waals surface area contributed by atoms with Gasteiger partial charge in [-0.15, -0.1) is 5.10 Å². The van der Waals surface area contributed by atoms with Gasteiger partial charge in [0.25, 0.3) is 0 Å². The van der Waals surface area contributed by atoms with Crippen LogP contribution in [0, 0.1) is 0 Å². The van der Waals surface area contributed by atoms with E-state index in [0.29, 0.717) is 5.75 Å². The van der Waals surface area contributed by atoms with Crippen molar-refractivity contribution in [3.63, 3.8) is 0 Å². The predicted octanol–water partition coefficient (Wildman–Crippen LogP) is 0.366. The fourth-order valence-corrected chi connectivity index (χ4v) is 1.33. The van der Waals surface area contributed by atoms with Crippen LogP contribution in [-0.4, -0.2) is 25.3 Å². The van der Waals surface area contributed by atoms with Crippen LogP contribution in [0.1, 0.15) is 18.1 Å². The summed E-state index contributed by atoms with van der Waals surface area (Å²) in [5.41, 5.74) is 11.8. The monoisotopic (exact) mass is 264 g/mol. The molecule has 0 unspecified atom stereocenters. The maximum absolute atomic E-state index is 10.8. The van der Waals surface area contributed by atoms with Gasteiger partial charge in [0.2, 0.25) is 5.96 Å². The zero-order valence-electron chi connectivity index (χ0n) is 10.8. The summed E-state index contributed by atoms with van der Waals surface area (Å²) in [6.07, 6.45) is 1.48. The van der Waals surface area contributed by atoms with Gasteiger partial charge in [-0.25, -0.2) is 0 Å². The molecule has 0 aromatic heterocycles. The highest BCUT2D eigenvalue weighted by Gasteiger charge is 2.05. The number of nitrogens with zero attached hydrogens (tertiary/aromatic N) is 2. The number of hydrogen-bond donors (Lipinski definition) is 2. The lowest BCUT2D eigenvalue weighted by Crippen LogP contribution is -2.21. The molecule has 0 spiro atoms. The fourth-order valence-electron chi connectivity index (χ4n) is 1.33. The Balaban J connectivity index is 2.91. The van der Waals surface area contributed by atoms with Crippen LogP contribution >= 0.6 is 0 Å². The molecule has 0 fully saturated rings. The Morgan fingerprint density at radius 1 is 1.42 bits per heavy atom. The molecule has 0 aliphatic heterocycles. The molecule has 0 saturated carbocycles. The van der Waals surface area contributed by atoms with Crippen LogP contribution in [-0.2, 0) is 16.1 Å². The summed E-state index contributed by atoms with van der Waals surface area (Å²) in [5, 5.41) is 7.19. The van der Waals surface area contributed by atoms with E-state index in [-0.39, 0.29) is 18.5 Å². The predicted molar refractivity (Wildman–Crippen MR) is 71.9 cm³/mol. The van der Waals surface area contributed by atoms with Crippen LogP contribution < -0.4 is 16.2 Å². The molecular weight excluding hydrogens is 248 g/mol. The topological polar surface area (TPSA) is 112 Å². The molecule has 0 saturated heterocycles. The molecule has 0 heterocycles. The van der Waals surface area contributed by atoms with E-state index in [2.05, 4.69) is 10.2 Å². The van der Waals surface area contributed by atoms with E-state index in [0.717, 1.165) is 11.1 Å². The van der Waals surface area contributed by atoms with Crippen molar-refractivity contribution in [2.45, 2.75) is 13.5 Å². The van der Waals surface area contributed by atoms with Gasteiger partial charge in [-0.05, 0) is 23.8 Å². The molecule has 1 aromatic carbocycles. The summed E-state index contributed by atoms with van der Waals surface area (Å²) >= 11 is 0. The first-order valence-corrected chi connectivity index (χ1v) is 5.45. The van der Waals surface area contributed by atoms with Crippen LogP contribution in [0.4, 0.5) is 0 Å². The Bertz CT molecular complexity index is 508. The molecule has 0 atom stereocenters. The molecule has 0 radical (unpaired) electrons. The van der Waals surface area contributed by atoms with E-state index in [1.165, 1.54) is 13.1 Å². The van der Waals surface area contributed by atoms with Gasteiger partial charge in [-0.3, -0.25) is 4.79 Å². The third-order valence-corrected chi connectivity index (χ3v) is 2.12. The lowest BCUT2D eigenvalue weighted by Gasteiger charge is -2.09. The van der Waals surface area contributed by atoms with Crippen molar-refractivity contribution in [1.82, 2.24) is 0 Å². The third kappa shape index (κ3) is 5.07. The van der Waals surface area contributed by atoms with Crippen LogP contribution in [0.3, 0.4) is 0 Å². The average Bonchev–Trinajstić information content (AvgIpc) is 2.36. The minimum Gasteiger partial charge on any atom is -0.496 e. The zero-order valence-corrected chi connectivity index (χ0v) is 10.8. The van der Waals surface area contributed by atoms with Crippen LogP contribution in [0.5, 0.6) is 5.75 Å². The zero-order chi connectivity index (χ0) is 14.3. The summed E-state index contributed by atoms with van der Waals surface area (Å²) in [5.74, 6) is 0.145. The highest BCUT2D eigenvalue weighted by Crippen LogP contribution is 2.20. The van der Waals surface area contributed by atoms with Gasteiger partial charge < -0.3 is 20.9 Å². The largest absolute Gasteiger partial charge is 0.496 e. The highest BCUT2D eigenvalue weighted by molar-refractivity contribution is 5.82. The number of rotatable bonds is 5. The average molecular weight is 264 g/mol. The first kappa shape index (κ1) is 14.5. The maximum Gasteiger partial charge on any atom is 0.302 e.